The summed E-state index contributed by atoms with van der Waals surface area (Å²) in [4.78, 5) is 16.4. The van der Waals surface area contributed by atoms with Crippen LogP contribution in [0.3, 0.4) is 0 Å². The van der Waals surface area contributed by atoms with Gasteiger partial charge >= 0.3 is 0 Å². The Morgan fingerprint density at radius 3 is 3.05 bits per heavy atom. The van der Waals surface area contributed by atoms with Crippen molar-refractivity contribution in [1.82, 2.24) is 4.98 Å². The molecule has 2 aromatic rings. The van der Waals surface area contributed by atoms with Gasteiger partial charge in [-0.15, -0.1) is 11.3 Å². The smallest absolute Gasteiger partial charge is 0.267 e. The fourth-order valence-corrected chi connectivity index (χ4v) is 2.05. The van der Waals surface area contributed by atoms with Crippen molar-refractivity contribution in [3.8, 4) is 17.6 Å². The predicted molar refractivity (Wildman–Crippen MR) is 77.0 cm³/mol. The van der Waals surface area contributed by atoms with Crippen molar-refractivity contribution in [3.63, 3.8) is 0 Å². The predicted octanol–water partition coefficient (Wildman–Crippen LogP) is 1.75. The molecule has 5 nitrogen and oxygen atoms in total. The van der Waals surface area contributed by atoms with Crippen molar-refractivity contribution in [2.75, 3.05) is 19.0 Å². The van der Waals surface area contributed by atoms with Gasteiger partial charge in [-0.2, -0.15) is 0 Å². The number of aromatic nitrogens is 1. The fourth-order valence-electron chi connectivity index (χ4n) is 1.54. The van der Waals surface area contributed by atoms with Gasteiger partial charge in [0.25, 0.3) is 5.91 Å². The number of anilines is 1. The molecule has 20 heavy (non-hydrogen) atoms. The van der Waals surface area contributed by atoms with Gasteiger partial charge in [0.2, 0.25) is 0 Å². The van der Waals surface area contributed by atoms with Gasteiger partial charge in [-0.05, 0) is 18.2 Å². The summed E-state index contributed by atoms with van der Waals surface area (Å²) in [6.07, 6.45) is 1.50. The number of rotatable bonds is 3. The number of ether oxygens (including phenoxy) is 1. The summed E-state index contributed by atoms with van der Waals surface area (Å²) in [6.45, 7) is -0.214. The van der Waals surface area contributed by atoms with Gasteiger partial charge in [0.15, 0.2) is 0 Å². The number of amides is 1. The Morgan fingerprint density at radius 2 is 2.40 bits per heavy atom. The quantitative estimate of drug-likeness (QED) is 0.844. The standard InChI is InChI=1S/C14H12N2O3S/c1-19-12-5-4-10(3-2-6-17)7-11(12)16-14(18)13-8-15-9-20-13/h4-5,7-9,17H,6H2,1H3,(H,16,18). The van der Waals surface area contributed by atoms with Gasteiger partial charge in [-0.25, -0.2) is 0 Å². The minimum Gasteiger partial charge on any atom is -0.495 e. The average molecular weight is 288 g/mol. The number of hydrogen-bond acceptors (Lipinski definition) is 5. The molecule has 1 aromatic carbocycles. The highest BCUT2D eigenvalue weighted by Gasteiger charge is 2.11. The number of thiazole rings is 1. The summed E-state index contributed by atoms with van der Waals surface area (Å²) in [5.74, 6) is 5.62. The van der Waals surface area contributed by atoms with Crippen molar-refractivity contribution in [2.24, 2.45) is 0 Å². The lowest BCUT2D eigenvalue weighted by molar-refractivity contribution is 0.103. The summed E-state index contributed by atoms with van der Waals surface area (Å²) in [5, 5.41) is 11.5. The lowest BCUT2D eigenvalue weighted by Crippen LogP contribution is -2.11. The molecule has 2 N–H and O–H groups in total. The molecular formula is C14H12N2O3S. The van der Waals surface area contributed by atoms with Gasteiger partial charge in [0.05, 0.1) is 24.5 Å². The third-order valence-electron chi connectivity index (χ3n) is 2.42. The maximum absolute atomic E-state index is 12.0. The van der Waals surface area contributed by atoms with E-state index >= 15 is 0 Å². The van der Waals surface area contributed by atoms with Crippen LogP contribution in [0.25, 0.3) is 0 Å². The fraction of sp³-hybridized carbons (Fsp3) is 0.143. The van der Waals surface area contributed by atoms with Crippen LogP contribution < -0.4 is 10.1 Å². The Labute approximate surface area is 120 Å². The molecule has 0 saturated heterocycles. The first-order valence-corrected chi connectivity index (χ1v) is 6.60. The lowest BCUT2D eigenvalue weighted by Gasteiger charge is -2.09. The Bertz CT molecular complexity index is 657. The molecule has 0 atom stereocenters. The first-order valence-electron chi connectivity index (χ1n) is 5.72. The van der Waals surface area contributed by atoms with E-state index in [1.165, 1.54) is 24.6 Å². The van der Waals surface area contributed by atoms with E-state index in [2.05, 4.69) is 22.1 Å². The minimum absolute atomic E-state index is 0.214. The Balaban J connectivity index is 2.26. The summed E-state index contributed by atoms with van der Waals surface area (Å²) in [5.41, 5.74) is 2.80. The van der Waals surface area contributed by atoms with E-state index in [9.17, 15) is 4.79 Å². The Hall–Kier alpha value is -2.36. The highest BCUT2D eigenvalue weighted by atomic mass is 32.1. The summed E-state index contributed by atoms with van der Waals surface area (Å²) in [7, 11) is 1.52. The second-order valence-electron chi connectivity index (χ2n) is 3.69. The molecule has 1 amide bonds. The van der Waals surface area contributed by atoms with Crippen LogP contribution in [0.1, 0.15) is 15.2 Å². The molecule has 0 spiro atoms. The molecule has 0 aliphatic rings. The first kappa shape index (κ1) is 14.1. The number of nitrogens with one attached hydrogen (secondary N) is 1. The van der Waals surface area contributed by atoms with Gasteiger partial charge in [0.1, 0.15) is 17.2 Å². The summed E-state index contributed by atoms with van der Waals surface area (Å²) >= 11 is 1.26. The topological polar surface area (TPSA) is 71.5 Å². The minimum atomic E-state index is -0.252. The number of carbonyl (C=O) groups is 1. The van der Waals surface area contributed by atoms with E-state index in [1.807, 2.05) is 0 Å². The van der Waals surface area contributed by atoms with Gasteiger partial charge in [0, 0.05) is 5.56 Å². The number of nitrogens with zero attached hydrogens (tertiary/aromatic N) is 1. The second kappa shape index (κ2) is 6.70. The zero-order chi connectivity index (χ0) is 14.4. The van der Waals surface area contributed by atoms with E-state index < -0.39 is 0 Å². The summed E-state index contributed by atoms with van der Waals surface area (Å²) < 4.78 is 5.20. The van der Waals surface area contributed by atoms with Crippen LogP contribution in [-0.2, 0) is 0 Å². The van der Waals surface area contributed by atoms with Crippen LogP contribution in [0.15, 0.2) is 29.9 Å². The number of carbonyl (C=O) groups excluding carboxylic acids is 1. The normalized spacial score (nSPS) is 9.50. The van der Waals surface area contributed by atoms with Crippen molar-refractivity contribution in [1.29, 1.82) is 0 Å². The number of aliphatic hydroxyl groups excluding tert-OH is 1. The van der Waals surface area contributed by atoms with Crippen LogP contribution in [0, 0.1) is 11.8 Å². The molecule has 0 aliphatic heterocycles. The zero-order valence-electron chi connectivity index (χ0n) is 10.7. The van der Waals surface area contributed by atoms with Gasteiger partial charge < -0.3 is 15.2 Å². The number of benzene rings is 1. The van der Waals surface area contributed by atoms with Crippen molar-refractivity contribution < 1.29 is 14.6 Å². The van der Waals surface area contributed by atoms with Crippen molar-refractivity contribution >= 4 is 22.9 Å². The molecule has 0 unspecified atom stereocenters. The molecule has 0 bridgehead atoms. The molecule has 1 aromatic heterocycles. The van der Waals surface area contributed by atoms with Crippen LogP contribution >= 0.6 is 11.3 Å². The highest BCUT2D eigenvalue weighted by Crippen LogP contribution is 2.26. The number of methoxy groups -OCH3 is 1. The van der Waals surface area contributed by atoms with Crippen molar-refractivity contribution in [2.45, 2.75) is 0 Å². The van der Waals surface area contributed by atoms with Gasteiger partial charge in [-0.1, -0.05) is 11.8 Å². The third kappa shape index (κ3) is 3.35. The molecular weight excluding hydrogens is 276 g/mol. The second-order valence-corrected chi connectivity index (χ2v) is 4.58. The maximum Gasteiger partial charge on any atom is 0.267 e. The highest BCUT2D eigenvalue weighted by molar-refractivity contribution is 7.11. The van der Waals surface area contributed by atoms with Crippen LogP contribution in [0.2, 0.25) is 0 Å². The Kier molecular flexibility index (Phi) is 4.71. The van der Waals surface area contributed by atoms with E-state index in [1.54, 1.807) is 23.7 Å². The van der Waals surface area contributed by atoms with E-state index in [0.717, 1.165) is 0 Å². The third-order valence-corrected chi connectivity index (χ3v) is 3.19. The van der Waals surface area contributed by atoms with Gasteiger partial charge in [-0.3, -0.25) is 9.78 Å². The SMILES string of the molecule is COc1ccc(C#CCO)cc1NC(=O)c1cncs1. The monoisotopic (exact) mass is 288 g/mol. The summed E-state index contributed by atoms with van der Waals surface area (Å²) in [6, 6.07) is 5.16. The largest absolute Gasteiger partial charge is 0.495 e. The molecule has 1 heterocycles. The lowest BCUT2D eigenvalue weighted by atomic mass is 10.2. The molecule has 0 fully saturated rings. The first-order chi connectivity index (χ1) is 9.74. The van der Waals surface area contributed by atoms with E-state index in [4.69, 9.17) is 9.84 Å². The zero-order valence-corrected chi connectivity index (χ0v) is 11.5. The van der Waals surface area contributed by atoms with E-state index in [-0.39, 0.29) is 12.5 Å². The molecule has 0 saturated carbocycles. The van der Waals surface area contributed by atoms with Crippen LogP contribution in [-0.4, -0.2) is 29.7 Å². The maximum atomic E-state index is 12.0. The Morgan fingerprint density at radius 1 is 1.55 bits per heavy atom. The number of aliphatic hydroxyl groups is 1. The average Bonchev–Trinajstić information content (AvgIpc) is 2.99. The van der Waals surface area contributed by atoms with Crippen LogP contribution in [0.5, 0.6) is 5.75 Å². The molecule has 0 aliphatic carbocycles. The molecule has 2 rings (SSSR count). The van der Waals surface area contributed by atoms with E-state index in [0.29, 0.717) is 21.9 Å². The molecule has 102 valence electrons. The number of hydrogen-bond donors (Lipinski definition) is 2. The molecule has 0 radical (unpaired) electrons. The van der Waals surface area contributed by atoms with Crippen molar-refractivity contribution in [3.05, 3.63) is 40.3 Å². The molecule has 6 heteroatoms. The van der Waals surface area contributed by atoms with Crippen LogP contribution in [0.4, 0.5) is 5.69 Å².